The molecule has 0 spiro atoms. The number of hydrogen-bond acceptors (Lipinski definition) is 5. The van der Waals surface area contributed by atoms with Gasteiger partial charge in [-0.15, -0.1) is 0 Å². The van der Waals surface area contributed by atoms with Gasteiger partial charge in [-0.3, -0.25) is 4.79 Å². The molecule has 74 valence electrons. The number of aromatic nitrogens is 1. The number of anilines is 1. The number of carbonyl (C=O) groups is 1. The van der Waals surface area contributed by atoms with Crippen molar-refractivity contribution in [1.29, 1.82) is 5.26 Å². The monoisotopic (exact) mass is 210 g/mol. The molecule has 1 amide bonds. The van der Waals surface area contributed by atoms with E-state index in [1.165, 1.54) is 0 Å². The minimum absolute atomic E-state index is 0.458. The van der Waals surface area contributed by atoms with Gasteiger partial charge < -0.3 is 11.1 Å². The van der Waals surface area contributed by atoms with Crippen LogP contribution < -0.4 is 11.1 Å². The molecule has 0 aliphatic carbocycles. The van der Waals surface area contributed by atoms with E-state index in [2.05, 4.69) is 9.69 Å². The minimum Gasteiger partial charge on any atom is -0.368 e. The van der Waals surface area contributed by atoms with Crippen LogP contribution >= 0.6 is 11.5 Å². The Labute approximate surface area is 85.7 Å². The molecular weight excluding hydrogens is 200 g/mol. The van der Waals surface area contributed by atoms with Gasteiger partial charge >= 0.3 is 0 Å². The summed E-state index contributed by atoms with van der Waals surface area (Å²) in [4.78, 5) is 10.8. The zero-order chi connectivity index (χ0) is 10.7. The van der Waals surface area contributed by atoms with Gasteiger partial charge in [0.25, 0.3) is 0 Å². The number of amides is 1. The Hall–Kier alpha value is -1.61. The van der Waals surface area contributed by atoms with Crippen LogP contribution in [0.3, 0.4) is 0 Å². The molecule has 6 heteroatoms. The van der Waals surface area contributed by atoms with E-state index in [1.807, 2.05) is 6.07 Å². The maximum Gasteiger partial charge on any atom is 0.239 e. The molecular formula is C8H10N4OS. The third-order valence-electron chi connectivity index (χ3n) is 1.75. The Balaban J connectivity index is 2.88. The molecule has 1 aromatic heterocycles. The minimum atomic E-state index is -0.498. The van der Waals surface area contributed by atoms with Gasteiger partial charge in [-0.05, 0) is 25.4 Å². The smallest absolute Gasteiger partial charge is 0.239 e. The highest BCUT2D eigenvalue weighted by Gasteiger charge is 2.14. The van der Waals surface area contributed by atoms with E-state index in [0.717, 1.165) is 11.5 Å². The van der Waals surface area contributed by atoms with Crippen molar-refractivity contribution in [3.8, 4) is 6.07 Å². The first-order valence-corrected chi connectivity index (χ1v) is 4.75. The van der Waals surface area contributed by atoms with Gasteiger partial charge in [0, 0.05) is 0 Å². The quantitative estimate of drug-likeness (QED) is 0.764. The molecule has 3 N–H and O–H groups in total. The van der Waals surface area contributed by atoms with Crippen molar-refractivity contribution in [2.24, 2.45) is 5.73 Å². The normalized spacial score (nSPS) is 11.8. The van der Waals surface area contributed by atoms with Crippen LogP contribution in [-0.4, -0.2) is 16.3 Å². The van der Waals surface area contributed by atoms with Gasteiger partial charge in [-0.25, -0.2) is 0 Å². The first-order chi connectivity index (χ1) is 6.56. The van der Waals surface area contributed by atoms with E-state index in [-0.39, 0.29) is 0 Å². The maximum absolute atomic E-state index is 10.8. The van der Waals surface area contributed by atoms with Crippen LogP contribution in [0.1, 0.15) is 18.2 Å². The summed E-state index contributed by atoms with van der Waals surface area (Å²) in [6.45, 7) is 3.38. The van der Waals surface area contributed by atoms with Gasteiger partial charge in [-0.1, -0.05) is 0 Å². The van der Waals surface area contributed by atoms with E-state index in [1.54, 1.807) is 13.8 Å². The van der Waals surface area contributed by atoms with E-state index in [9.17, 15) is 4.79 Å². The predicted octanol–water partition coefficient (Wildman–Crippen LogP) is 0.609. The Morgan fingerprint density at radius 2 is 2.43 bits per heavy atom. The predicted molar refractivity (Wildman–Crippen MR) is 53.8 cm³/mol. The van der Waals surface area contributed by atoms with E-state index in [4.69, 9.17) is 11.0 Å². The molecule has 1 rings (SSSR count). The van der Waals surface area contributed by atoms with Crippen LogP contribution in [0, 0.1) is 18.3 Å². The highest BCUT2D eigenvalue weighted by Crippen LogP contribution is 2.23. The van der Waals surface area contributed by atoms with Crippen LogP contribution in [0.4, 0.5) is 5.00 Å². The van der Waals surface area contributed by atoms with Crippen molar-refractivity contribution in [3.63, 3.8) is 0 Å². The Morgan fingerprint density at radius 1 is 1.79 bits per heavy atom. The average molecular weight is 210 g/mol. The highest BCUT2D eigenvalue weighted by molar-refractivity contribution is 7.10. The lowest BCUT2D eigenvalue weighted by molar-refractivity contribution is -0.118. The van der Waals surface area contributed by atoms with E-state index in [0.29, 0.717) is 16.3 Å². The van der Waals surface area contributed by atoms with Crippen LogP contribution in [0.15, 0.2) is 0 Å². The summed E-state index contributed by atoms with van der Waals surface area (Å²) in [7, 11) is 0. The number of nitrogens with two attached hydrogens (primary N) is 1. The van der Waals surface area contributed by atoms with Crippen LogP contribution in [0.25, 0.3) is 0 Å². The standard InChI is InChI=1S/C8H10N4OS/c1-4-6(3-9)8(14-12-4)11-5(2)7(10)13/h5,11H,1-2H3,(H2,10,13). The van der Waals surface area contributed by atoms with Crippen LogP contribution in [0.5, 0.6) is 0 Å². The lowest BCUT2D eigenvalue weighted by Gasteiger charge is -2.08. The average Bonchev–Trinajstić information content (AvgIpc) is 2.46. The Bertz CT molecular complexity index is 393. The number of primary amides is 1. The third-order valence-corrected chi connectivity index (χ3v) is 2.62. The topological polar surface area (TPSA) is 91.8 Å². The molecule has 1 aromatic rings. The fraction of sp³-hybridized carbons (Fsp3) is 0.375. The molecule has 0 aliphatic rings. The number of rotatable bonds is 3. The zero-order valence-electron chi connectivity index (χ0n) is 7.87. The summed E-state index contributed by atoms with van der Waals surface area (Å²) in [6, 6.07) is 1.52. The number of nitrogens with one attached hydrogen (secondary N) is 1. The number of nitrogens with zero attached hydrogens (tertiary/aromatic N) is 2. The van der Waals surface area contributed by atoms with Gasteiger partial charge in [0.2, 0.25) is 5.91 Å². The number of carbonyl (C=O) groups excluding carboxylic acids is 1. The van der Waals surface area contributed by atoms with Gasteiger partial charge in [0.05, 0.1) is 5.69 Å². The van der Waals surface area contributed by atoms with Gasteiger partial charge in [0.15, 0.2) is 0 Å². The van der Waals surface area contributed by atoms with Gasteiger partial charge in [0.1, 0.15) is 22.7 Å². The van der Waals surface area contributed by atoms with E-state index >= 15 is 0 Å². The largest absolute Gasteiger partial charge is 0.368 e. The molecule has 0 saturated heterocycles. The summed E-state index contributed by atoms with van der Waals surface area (Å²) in [5, 5.41) is 12.2. The summed E-state index contributed by atoms with van der Waals surface area (Å²) >= 11 is 1.16. The SMILES string of the molecule is Cc1nsc(NC(C)C(N)=O)c1C#N. The molecule has 0 aromatic carbocycles. The second kappa shape index (κ2) is 4.07. The Morgan fingerprint density at radius 3 is 2.93 bits per heavy atom. The van der Waals surface area contributed by atoms with Crippen molar-refractivity contribution in [2.45, 2.75) is 19.9 Å². The molecule has 0 bridgehead atoms. The summed E-state index contributed by atoms with van der Waals surface area (Å²) < 4.78 is 4.00. The van der Waals surface area contributed by atoms with Crippen molar-refractivity contribution in [1.82, 2.24) is 4.37 Å². The fourth-order valence-corrected chi connectivity index (χ4v) is 1.70. The molecule has 0 aliphatic heterocycles. The summed E-state index contributed by atoms with van der Waals surface area (Å²) in [5.74, 6) is -0.458. The first kappa shape index (κ1) is 10.5. The van der Waals surface area contributed by atoms with Crippen LogP contribution in [0.2, 0.25) is 0 Å². The molecule has 1 unspecified atom stereocenters. The number of aryl methyl sites for hydroxylation is 1. The van der Waals surface area contributed by atoms with Crippen molar-refractivity contribution in [3.05, 3.63) is 11.3 Å². The molecule has 5 nitrogen and oxygen atoms in total. The second-order valence-corrected chi connectivity index (χ2v) is 3.63. The van der Waals surface area contributed by atoms with E-state index < -0.39 is 11.9 Å². The van der Waals surface area contributed by atoms with Crippen molar-refractivity contribution >= 4 is 22.4 Å². The zero-order valence-corrected chi connectivity index (χ0v) is 8.68. The van der Waals surface area contributed by atoms with Crippen molar-refractivity contribution in [2.75, 3.05) is 5.32 Å². The lowest BCUT2D eigenvalue weighted by Crippen LogP contribution is -2.32. The molecule has 1 heterocycles. The number of nitriles is 1. The molecule has 1 atom stereocenters. The first-order valence-electron chi connectivity index (χ1n) is 3.98. The summed E-state index contributed by atoms with van der Waals surface area (Å²) in [6.07, 6.45) is 0. The molecule has 14 heavy (non-hydrogen) atoms. The van der Waals surface area contributed by atoms with Crippen molar-refractivity contribution < 1.29 is 4.79 Å². The maximum atomic E-state index is 10.8. The Kier molecular flexibility index (Phi) is 3.04. The lowest BCUT2D eigenvalue weighted by atomic mass is 10.2. The summed E-state index contributed by atoms with van der Waals surface area (Å²) in [5.41, 5.74) is 6.22. The van der Waals surface area contributed by atoms with Gasteiger partial charge in [-0.2, -0.15) is 9.64 Å². The molecule has 0 fully saturated rings. The highest BCUT2D eigenvalue weighted by atomic mass is 32.1. The fourth-order valence-electron chi connectivity index (χ4n) is 0.868. The molecule has 0 saturated carbocycles. The second-order valence-electron chi connectivity index (χ2n) is 2.85. The third kappa shape index (κ3) is 2.00. The van der Waals surface area contributed by atoms with Crippen LogP contribution in [-0.2, 0) is 4.79 Å². The number of hydrogen-bond donors (Lipinski definition) is 2. The molecule has 0 radical (unpaired) electrons.